The highest BCUT2D eigenvalue weighted by atomic mass is 16.5. The van der Waals surface area contributed by atoms with Gasteiger partial charge in [-0.15, -0.1) is 0 Å². The van der Waals surface area contributed by atoms with Gasteiger partial charge in [-0.05, 0) is 25.1 Å². The van der Waals surface area contributed by atoms with Crippen LogP contribution in [0.4, 0.5) is 5.69 Å². The van der Waals surface area contributed by atoms with Crippen LogP contribution < -0.4 is 20.1 Å². The van der Waals surface area contributed by atoms with Crippen molar-refractivity contribution in [3.05, 3.63) is 18.2 Å². The van der Waals surface area contributed by atoms with Gasteiger partial charge in [0.2, 0.25) is 5.91 Å². The Morgan fingerprint density at radius 3 is 3.11 bits per heavy atom. The minimum atomic E-state index is 0.0489. The molecule has 5 heteroatoms. The maximum atomic E-state index is 11.7. The Morgan fingerprint density at radius 2 is 2.33 bits per heavy atom. The van der Waals surface area contributed by atoms with Crippen LogP contribution in [0.1, 0.15) is 12.8 Å². The fourth-order valence-corrected chi connectivity index (χ4v) is 1.79. The molecule has 1 aliphatic rings. The van der Waals surface area contributed by atoms with E-state index in [0.717, 1.165) is 23.6 Å². The molecular formula is C13H18N2O3. The Hall–Kier alpha value is -1.75. The molecular weight excluding hydrogens is 232 g/mol. The van der Waals surface area contributed by atoms with Crippen LogP contribution in [0.25, 0.3) is 0 Å². The van der Waals surface area contributed by atoms with Crippen molar-refractivity contribution < 1.29 is 14.3 Å². The largest absolute Gasteiger partial charge is 0.493 e. The summed E-state index contributed by atoms with van der Waals surface area (Å²) in [5.74, 6) is 1.50. The van der Waals surface area contributed by atoms with E-state index in [1.165, 1.54) is 0 Å². The maximum absolute atomic E-state index is 11.7. The summed E-state index contributed by atoms with van der Waals surface area (Å²) in [7, 11) is 1.75. The number of nitrogens with two attached hydrogens (primary N) is 1. The van der Waals surface area contributed by atoms with Crippen molar-refractivity contribution in [2.75, 3.05) is 31.7 Å². The first-order valence-electron chi connectivity index (χ1n) is 6.08. The standard InChI is InChI=1S/C13H18N2O3/c1-15-11-9-10(17-7-2-6-14)3-4-12(11)18-8-5-13(15)16/h3-4,9H,2,5-8,14H2,1H3. The average Bonchev–Trinajstić information content (AvgIpc) is 2.51. The molecule has 1 aromatic rings. The number of carbonyl (C=O) groups excluding carboxylic acids is 1. The molecule has 0 bridgehead atoms. The molecule has 2 rings (SSSR count). The molecule has 0 spiro atoms. The Morgan fingerprint density at radius 1 is 1.50 bits per heavy atom. The Bertz CT molecular complexity index is 434. The predicted octanol–water partition coefficient (Wildman–Crippen LogP) is 1.16. The molecule has 0 radical (unpaired) electrons. The highest BCUT2D eigenvalue weighted by Crippen LogP contribution is 2.34. The molecule has 0 saturated carbocycles. The summed E-state index contributed by atoms with van der Waals surface area (Å²) in [6.45, 7) is 1.60. The zero-order valence-corrected chi connectivity index (χ0v) is 10.5. The zero-order chi connectivity index (χ0) is 13.0. The minimum Gasteiger partial charge on any atom is -0.493 e. The van der Waals surface area contributed by atoms with Gasteiger partial charge in [0.05, 0.1) is 25.3 Å². The molecule has 2 N–H and O–H groups in total. The van der Waals surface area contributed by atoms with Gasteiger partial charge < -0.3 is 20.1 Å². The second-order valence-corrected chi connectivity index (χ2v) is 4.17. The van der Waals surface area contributed by atoms with Gasteiger partial charge in [0.25, 0.3) is 0 Å². The number of ether oxygens (including phenoxy) is 2. The van der Waals surface area contributed by atoms with E-state index in [0.29, 0.717) is 26.2 Å². The number of fused-ring (bicyclic) bond motifs is 1. The summed E-state index contributed by atoms with van der Waals surface area (Å²) in [6, 6.07) is 5.51. The van der Waals surface area contributed by atoms with Gasteiger partial charge in [-0.1, -0.05) is 0 Å². The number of hydrogen-bond donors (Lipinski definition) is 1. The van der Waals surface area contributed by atoms with Crippen molar-refractivity contribution in [3.8, 4) is 11.5 Å². The molecule has 1 amide bonds. The predicted molar refractivity (Wildman–Crippen MR) is 69.1 cm³/mol. The fraction of sp³-hybridized carbons (Fsp3) is 0.462. The molecule has 0 atom stereocenters. The molecule has 1 aliphatic heterocycles. The van der Waals surface area contributed by atoms with E-state index in [9.17, 15) is 4.79 Å². The molecule has 1 heterocycles. The van der Waals surface area contributed by atoms with Gasteiger partial charge >= 0.3 is 0 Å². The Kier molecular flexibility index (Phi) is 4.04. The molecule has 1 aromatic carbocycles. The molecule has 0 saturated heterocycles. The van der Waals surface area contributed by atoms with Crippen LogP contribution in [0.3, 0.4) is 0 Å². The number of carbonyl (C=O) groups is 1. The summed E-state index contributed by atoms with van der Waals surface area (Å²) >= 11 is 0. The summed E-state index contributed by atoms with van der Waals surface area (Å²) in [5.41, 5.74) is 6.16. The summed E-state index contributed by atoms with van der Waals surface area (Å²) < 4.78 is 11.1. The normalized spacial score (nSPS) is 14.8. The monoisotopic (exact) mass is 250 g/mol. The molecule has 0 aliphatic carbocycles. The van der Waals surface area contributed by atoms with E-state index in [1.54, 1.807) is 11.9 Å². The topological polar surface area (TPSA) is 64.8 Å². The van der Waals surface area contributed by atoms with E-state index in [2.05, 4.69) is 0 Å². The highest BCUT2D eigenvalue weighted by Gasteiger charge is 2.20. The van der Waals surface area contributed by atoms with Crippen LogP contribution in [0.15, 0.2) is 18.2 Å². The van der Waals surface area contributed by atoms with Crippen molar-refractivity contribution in [2.24, 2.45) is 5.73 Å². The minimum absolute atomic E-state index is 0.0489. The summed E-state index contributed by atoms with van der Waals surface area (Å²) in [5, 5.41) is 0. The number of anilines is 1. The van der Waals surface area contributed by atoms with E-state index < -0.39 is 0 Å². The van der Waals surface area contributed by atoms with Crippen molar-refractivity contribution in [3.63, 3.8) is 0 Å². The van der Waals surface area contributed by atoms with Crippen molar-refractivity contribution in [1.29, 1.82) is 0 Å². The van der Waals surface area contributed by atoms with Gasteiger partial charge in [0.1, 0.15) is 11.5 Å². The number of amides is 1. The first-order valence-corrected chi connectivity index (χ1v) is 6.08. The van der Waals surface area contributed by atoms with Gasteiger partial charge in [-0.25, -0.2) is 0 Å². The lowest BCUT2D eigenvalue weighted by molar-refractivity contribution is -0.118. The Labute approximate surface area is 106 Å². The first-order chi connectivity index (χ1) is 8.72. The second kappa shape index (κ2) is 5.73. The van der Waals surface area contributed by atoms with E-state index >= 15 is 0 Å². The van der Waals surface area contributed by atoms with Crippen LogP contribution in [-0.4, -0.2) is 32.7 Å². The van der Waals surface area contributed by atoms with Crippen LogP contribution >= 0.6 is 0 Å². The lowest BCUT2D eigenvalue weighted by atomic mass is 10.2. The van der Waals surface area contributed by atoms with E-state index in [1.807, 2.05) is 18.2 Å². The van der Waals surface area contributed by atoms with Crippen molar-refractivity contribution >= 4 is 11.6 Å². The lowest BCUT2D eigenvalue weighted by Crippen LogP contribution is -2.25. The average molecular weight is 250 g/mol. The number of benzene rings is 1. The van der Waals surface area contributed by atoms with Crippen LogP contribution in [0.2, 0.25) is 0 Å². The number of rotatable bonds is 4. The SMILES string of the molecule is CN1C(=O)CCOc2ccc(OCCCN)cc21. The van der Waals surface area contributed by atoms with Crippen molar-refractivity contribution in [1.82, 2.24) is 0 Å². The molecule has 98 valence electrons. The summed E-state index contributed by atoms with van der Waals surface area (Å²) in [6.07, 6.45) is 1.21. The second-order valence-electron chi connectivity index (χ2n) is 4.17. The molecule has 5 nitrogen and oxygen atoms in total. The molecule has 18 heavy (non-hydrogen) atoms. The maximum Gasteiger partial charge on any atom is 0.230 e. The lowest BCUT2D eigenvalue weighted by Gasteiger charge is -2.17. The van der Waals surface area contributed by atoms with Crippen LogP contribution in [-0.2, 0) is 4.79 Å². The van der Waals surface area contributed by atoms with E-state index in [-0.39, 0.29) is 5.91 Å². The van der Waals surface area contributed by atoms with Crippen LogP contribution in [0.5, 0.6) is 11.5 Å². The number of hydrogen-bond acceptors (Lipinski definition) is 4. The third kappa shape index (κ3) is 2.73. The zero-order valence-electron chi connectivity index (χ0n) is 10.5. The van der Waals surface area contributed by atoms with E-state index in [4.69, 9.17) is 15.2 Å². The van der Waals surface area contributed by atoms with Gasteiger partial charge in [-0.2, -0.15) is 0 Å². The smallest absolute Gasteiger partial charge is 0.230 e. The molecule has 0 unspecified atom stereocenters. The van der Waals surface area contributed by atoms with Crippen molar-refractivity contribution in [2.45, 2.75) is 12.8 Å². The molecule has 0 fully saturated rings. The van der Waals surface area contributed by atoms with Crippen LogP contribution in [0, 0.1) is 0 Å². The molecule has 0 aromatic heterocycles. The first kappa shape index (κ1) is 12.7. The third-order valence-corrected chi connectivity index (χ3v) is 2.86. The van der Waals surface area contributed by atoms with Gasteiger partial charge in [-0.3, -0.25) is 4.79 Å². The van der Waals surface area contributed by atoms with Gasteiger partial charge in [0.15, 0.2) is 0 Å². The van der Waals surface area contributed by atoms with Gasteiger partial charge in [0, 0.05) is 13.1 Å². The fourth-order valence-electron chi connectivity index (χ4n) is 1.79. The third-order valence-electron chi connectivity index (χ3n) is 2.86. The Balaban J connectivity index is 2.18. The quantitative estimate of drug-likeness (QED) is 0.814. The number of nitrogens with zero attached hydrogens (tertiary/aromatic N) is 1. The highest BCUT2D eigenvalue weighted by molar-refractivity contribution is 5.95. The summed E-state index contributed by atoms with van der Waals surface area (Å²) in [4.78, 5) is 13.3.